The van der Waals surface area contributed by atoms with Crippen molar-refractivity contribution in [2.45, 2.75) is 45.0 Å². The van der Waals surface area contributed by atoms with Crippen LogP contribution in [0.4, 0.5) is 13.2 Å². The zero-order chi connectivity index (χ0) is 19.0. The number of alkyl halides is 3. The molecule has 2 heterocycles. The topological polar surface area (TPSA) is 67.8 Å². The van der Waals surface area contributed by atoms with E-state index in [0.717, 1.165) is 25.0 Å². The lowest BCUT2D eigenvalue weighted by Crippen LogP contribution is -2.45. The van der Waals surface area contributed by atoms with Crippen LogP contribution in [-0.4, -0.2) is 49.0 Å². The van der Waals surface area contributed by atoms with Gasteiger partial charge < -0.3 is 20.1 Å². The maximum atomic E-state index is 12.1. The predicted molar refractivity (Wildman–Crippen MR) is 108 cm³/mol. The molecule has 1 aliphatic rings. The number of hydrogen-bond donors (Lipinski definition) is 2. The van der Waals surface area contributed by atoms with Crippen molar-refractivity contribution >= 4 is 29.9 Å². The number of nitrogens with one attached hydrogen (secondary N) is 2. The van der Waals surface area contributed by atoms with E-state index in [9.17, 15) is 13.2 Å². The molecular weight excluding hydrogens is 476 g/mol. The summed E-state index contributed by atoms with van der Waals surface area (Å²) in [5, 5.41) is 6.42. The fourth-order valence-electron chi connectivity index (χ4n) is 2.50. The summed E-state index contributed by atoms with van der Waals surface area (Å²) in [6.07, 6.45) is -0.861. The van der Waals surface area contributed by atoms with Gasteiger partial charge in [-0.05, 0) is 32.3 Å². The van der Waals surface area contributed by atoms with Crippen molar-refractivity contribution in [1.82, 2.24) is 15.6 Å². The van der Waals surface area contributed by atoms with Crippen LogP contribution in [0.5, 0.6) is 5.88 Å². The summed E-state index contributed by atoms with van der Waals surface area (Å²) in [4.78, 5) is 8.34. The van der Waals surface area contributed by atoms with Gasteiger partial charge in [0.15, 0.2) is 12.6 Å². The van der Waals surface area contributed by atoms with Gasteiger partial charge in [-0.25, -0.2) is 9.98 Å². The second-order valence-electron chi connectivity index (χ2n) is 6.36. The molecule has 2 N–H and O–H groups in total. The highest BCUT2D eigenvalue weighted by atomic mass is 127. The molecule has 154 valence electrons. The smallest absolute Gasteiger partial charge is 0.422 e. The number of nitrogens with zero attached hydrogens (tertiary/aromatic N) is 2. The molecule has 0 amide bonds. The van der Waals surface area contributed by atoms with Crippen LogP contribution in [0.3, 0.4) is 0 Å². The van der Waals surface area contributed by atoms with Crippen molar-refractivity contribution in [1.29, 1.82) is 0 Å². The van der Waals surface area contributed by atoms with Gasteiger partial charge in [-0.1, -0.05) is 6.07 Å². The van der Waals surface area contributed by atoms with Gasteiger partial charge in [0, 0.05) is 32.0 Å². The average molecular weight is 502 g/mol. The molecule has 1 unspecified atom stereocenters. The molecular formula is C17H26F3IN4O2. The van der Waals surface area contributed by atoms with Gasteiger partial charge in [0.25, 0.3) is 0 Å². The molecule has 10 heteroatoms. The number of ether oxygens (including phenoxy) is 2. The molecule has 1 aromatic rings. The highest BCUT2D eigenvalue weighted by Gasteiger charge is 2.30. The third-order valence-electron chi connectivity index (χ3n) is 3.88. The van der Waals surface area contributed by atoms with E-state index in [-0.39, 0.29) is 35.5 Å². The Morgan fingerprint density at radius 1 is 1.37 bits per heavy atom. The number of rotatable bonds is 7. The Morgan fingerprint density at radius 2 is 2.15 bits per heavy atom. The van der Waals surface area contributed by atoms with E-state index in [1.807, 2.05) is 6.92 Å². The lowest BCUT2D eigenvalue weighted by Gasteiger charge is -2.24. The fraction of sp³-hybridized carbons (Fsp3) is 0.647. The summed E-state index contributed by atoms with van der Waals surface area (Å²) in [6, 6.07) is 3.05. The second kappa shape index (κ2) is 10.9. The summed E-state index contributed by atoms with van der Waals surface area (Å²) < 4.78 is 46.7. The van der Waals surface area contributed by atoms with E-state index in [4.69, 9.17) is 4.74 Å². The molecule has 1 aliphatic heterocycles. The Bertz CT molecular complexity index is 591. The number of aromatic nitrogens is 1. The minimum atomic E-state index is -4.38. The molecule has 0 aromatic carbocycles. The Balaban J connectivity index is 0.00000364. The van der Waals surface area contributed by atoms with Crippen LogP contribution in [0.25, 0.3) is 0 Å². The van der Waals surface area contributed by atoms with E-state index >= 15 is 0 Å². The van der Waals surface area contributed by atoms with Crippen molar-refractivity contribution < 1.29 is 22.6 Å². The van der Waals surface area contributed by atoms with E-state index < -0.39 is 12.8 Å². The average Bonchev–Trinajstić information content (AvgIpc) is 3.03. The van der Waals surface area contributed by atoms with Gasteiger partial charge in [-0.2, -0.15) is 13.2 Å². The first-order valence-electron chi connectivity index (χ1n) is 8.60. The lowest BCUT2D eigenvalue weighted by atomic mass is 10.0. The van der Waals surface area contributed by atoms with E-state index in [2.05, 4.69) is 32.3 Å². The van der Waals surface area contributed by atoms with E-state index in [0.29, 0.717) is 25.6 Å². The Labute approximate surface area is 174 Å². The predicted octanol–water partition coefficient (Wildman–Crippen LogP) is 3.26. The van der Waals surface area contributed by atoms with Crippen molar-refractivity contribution in [2.75, 3.05) is 26.3 Å². The molecule has 0 saturated carbocycles. The molecule has 0 aliphatic carbocycles. The lowest BCUT2D eigenvalue weighted by molar-refractivity contribution is -0.154. The minimum absolute atomic E-state index is 0. The van der Waals surface area contributed by atoms with Crippen LogP contribution in [0, 0.1) is 0 Å². The van der Waals surface area contributed by atoms with Crippen LogP contribution < -0.4 is 15.4 Å². The highest BCUT2D eigenvalue weighted by molar-refractivity contribution is 14.0. The first-order valence-corrected chi connectivity index (χ1v) is 8.60. The Kier molecular flexibility index (Phi) is 9.57. The molecule has 1 saturated heterocycles. The van der Waals surface area contributed by atoms with Gasteiger partial charge >= 0.3 is 6.18 Å². The van der Waals surface area contributed by atoms with Gasteiger partial charge in [0.2, 0.25) is 5.88 Å². The molecule has 1 atom stereocenters. The molecule has 1 fully saturated rings. The Morgan fingerprint density at radius 3 is 2.70 bits per heavy atom. The SMILES string of the molecule is CCNC(=NCc1ccc(OCC(F)(F)F)nc1)NCC1(C)CCCO1.I. The maximum Gasteiger partial charge on any atom is 0.422 e. The van der Waals surface area contributed by atoms with Crippen molar-refractivity contribution in [2.24, 2.45) is 4.99 Å². The minimum Gasteiger partial charge on any atom is -0.468 e. The zero-order valence-corrected chi connectivity index (χ0v) is 17.8. The number of guanidine groups is 1. The second-order valence-corrected chi connectivity index (χ2v) is 6.36. The summed E-state index contributed by atoms with van der Waals surface area (Å²) in [5.74, 6) is 0.591. The maximum absolute atomic E-state index is 12.1. The van der Waals surface area contributed by atoms with Gasteiger partial charge in [0.05, 0.1) is 12.1 Å². The fourth-order valence-corrected chi connectivity index (χ4v) is 2.50. The largest absolute Gasteiger partial charge is 0.468 e. The van der Waals surface area contributed by atoms with E-state index in [1.54, 1.807) is 6.07 Å². The van der Waals surface area contributed by atoms with Gasteiger partial charge in [-0.3, -0.25) is 0 Å². The van der Waals surface area contributed by atoms with Crippen LogP contribution >= 0.6 is 24.0 Å². The molecule has 0 bridgehead atoms. The number of pyridine rings is 1. The first-order chi connectivity index (χ1) is 12.3. The monoisotopic (exact) mass is 502 g/mol. The molecule has 2 rings (SSSR count). The van der Waals surface area contributed by atoms with Crippen molar-refractivity contribution in [3.63, 3.8) is 0 Å². The number of aliphatic imine (C=N–C) groups is 1. The molecule has 0 spiro atoms. The normalized spacial score (nSPS) is 20.1. The quantitative estimate of drug-likeness (QED) is 0.341. The Hall–Kier alpha value is -1.30. The van der Waals surface area contributed by atoms with Crippen LogP contribution in [0.15, 0.2) is 23.3 Å². The summed E-state index contributed by atoms with van der Waals surface area (Å²) in [6.45, 7) is 5.18. The third kappa shape index (κ3) is 8.96. The molecule has 27 heavy (non-hydrogen) atoms. The van der Waals surface area contributed by atoms with E-state index in [1.165, 1.54) is 12.3 Å². The zero-order valence-electron chi connectivity index (χ0n) is 15.4. The highest BCUT2D eigenvalue weighted by Crippen LogP contribution is 2.23. The van der Waals surface area contributed by atoms with Crippen LogP contribution in [0.1, 0.15) is 32.3 Å². The standard InChI is InChI=1S/C17H25F3N4O2.HI/c1-3-21-15(24-11-16(2)7-4-8-26-16)23-10-13-5-6-14(22-9-13)25-12-17(18,19)20;/h5-6,9H,3-4,7-8,10-12H2,1-2H3,(H2,21,23,24);1H. The summed E-state index contributed by atoms with van der Waals surface area (Å²) >= 11 is 0. The number of hydrogen-bond acceptors (Lipinski definition) is 4. The third-order valence-corrected chi connectivity index (χ3v) is 3.88. The molecule has 1 aromatic heterocycles. The first kappa shape index (κ1) is 23.7. The summed E-state index contributed by atoms with van der Waals surface area (Å²) in [7, 11) is 0. The molecule has 0 radical (unpaired) electrons. The van der Waals surface area contributed by atoms with Crippen molar-refractivity contribution in [3.05, 3.63) is 23.9 Å². The van der Waals surface area contributed by atoms with Crippen LogP contribution in [-0.2, 0) is 11.3 Å². The van der Waals surface area contributed by atoms with Crippen LogP contribution in [0.2, 0.25) is 0 Å². The van der Waals surface area contributed by atoms with Crippen molar-refractivity contribution in [3.8, 4) is 5.88 Å². The number of halogens is 4. The molecule has 6 nitrogen and oxygen atoms in total. The van der Waals surface area contributed by atoms with Gasteiger partial charge in [0.1, 0.15) is 0 Å². The summed E-state index contributed by atoms with van der Waals surface area (Å²) in [5.41, 5.74) is 0.583. The van der Waals surface area contributed by atoms with Gasteiger partial charge in [-0.15, -0.1) is 24.0 Å².